The Balaban J connectivity index is 2.27. The Kier molecular flexibility index (Phi) is 6.29. The summed E-state index contributed by atoms with van der Waals surface area (Å²) in [5.41, 5.74) is 3.96. The van der Waals surface area contributed by atoms with Crippen LogP contribution in [0.3, 0.4) is 0 Å². The molecule has 0 spiro atoms. The number of pyridine rings is 1. The second-order valence-electron chi connectivity index (χ2n) is 5.56. The third-order valence-electron chi connectivity index (χ3n) is 3.79. The van der Waals surface area contributed by atoms with E-state index in [1.165, 1.54) is 0 Å². The van der Waals surface area contributed by atoms with Gasteiger partial charge in [-0.2, -0.15) is 0 Å². The average Bonchev–Trinajstić information content (AvgIpc) is 2.58. The lowest BCUT2D eigenvalue weighted by Gasteiger charge is -2.22. The van der Waals surface area contributed by atoms with Crippen LogP contribution in [0.15, 0.2) is 42.7 Å². The molecule has 0 unspecified atom stereocenters. The maximum atomic E-state index is 12.8. The fourth-order valence-corrected chi connectivity index (χ4v) is 2.59. The maximum Gasteiger partial charge on any atom is 0.253 e. The molecule has 4 nitrogen and oxygen atoms in total. The number of nitrogens with zero attached hydrogens (tertiary/aromatic N) is 2. The highest BCUT2D eigenvalue weighted by molar-refractivity contribution is 5.95. The predicted molar refractivity (Wildman–Crippen MR) is 92.5 cm³/mol. The second-order valence-corrected chi connectivity index (χ2v) is 5.56. The third kappa shape index (κ3) is 4.39. The van der Waals surface area contributed by atoms with E-state index >= 15 is 0 Å². The number of rotatable bonds is 7. The number of methoxy groups -OCH3 is 1. The Morgan fingerprint density at radius 2 is 2.09 bits per heavy atom. The Morgan fingerprint density at radius 3 is 2.78 bits per heavy atom. The molecule has 0 N–H and O–H groups in total. The van der Waals surface area contributed by atoms with Crippen molar-refractivity contribution >= 4 is 5.91 Å². The van der Waals surface area contributed by atoms with Gasteiger partial charge in [-0.15, -0.1) is 0 Å². The number of carbonyl (C=O) groups is 1. The smallest absolute Gasteiger partial charge is 0.253 e. The number of hydrogen-bond donors (Lipinski definition) is 0. The number of amides is 1. The van der Waals surface area contributed by atoms with Crippen molar-refractivity contribution in [3.63, 3.8) is 0 Å². The predicted octanol–water partition coefficient (Wildman–Crippen LogP) is 3.56. The molecule has 0 radical (unpaired) electrons. The SMILES string of the molecule is CCCN(CCOC)C(=O)c1cccc(-c2ccncc2C)c1. The Morgan fingerprint density at radius 1 is 1.26 bits per heavy atom. The fraction of sp³-hybridized carbons (Fsp3) is 0.368. The summed E-state index contributed by atoms with van der Waals surface area (Å²) >= 11 is 0. The lowest BCUT2D eigenvalue weighted by atomic mass is 10.00. The first-order valence-corrected chi connectivity index (χ1v) is 7.96. The molecule has 2 aromatic rings. The average molecular weight is 312 g/mol. The Hall–Kier alpha value is -2.20. The molecule has 2 rings (SSSR count). The molecule has 1 amide bonds. The van der Waals surface area contributed by atoms with E-state index in [0.29, 0.717) is 18.7 Å². The monoisotopic (exact) mass is 312 g/mol. The first-order chi connectivity index (χ1) is 11.2. The van der Waals surface area contributed by atoms with Crippen LogP contribution in [0.5, 0.6) is 0 Å². The van der Waals surface area contributed by atoms with Crippen LogP contribution in [0.25, 0.3) is 11.1 Å². The minimum Gasteiger partial charge on any atom is -0.383 e. The highest BCUT2D eigenvalue weighted by Crippen LogP contribution is 2.23. The molecule has 0 aliphatic carbocycles. The van der Waals surface area contributed by atoms with E-state index in [2.05, 4.69) is 11.9 Å². The van der Waals surface area contributed by atoms with Gasteiger partial charge in [0.1, 0.15) is 0 Å². The van der Waals surface area contributed by atoms with E-state index in [9.17, 15) is 4.79 Å². The van der Waals surface area contributed by atoms with Crippen molar-refractivity contribution in [3.8, 4) is 11.1 Å². The molecule has 0 aliphatic rings. The van der Waals surface area contributed by atoms with Gasteiger partial charge < -0.3 is 9.64 Å². The lowest BCUT2D eigenvalue weighted by Crippen LogP contribution is -2.34. The van der Waals surface area contributed by atoms with E-state index in [1.54, 1.807) is 13.3 Å². The van der Waals surface area contributed by atoms with Gasteiger partial charge in [0.05, 0.1) is 6.61 Å². The number of hydrogen-bond acceptors (Lipinski definition) is 3. The van der Waals surface area contributed by atoms with Crippen LogP contribution in [0, 0.1) is 6.92 Å². The van der Waals surface area contributed by atoms with Gasteiger partial charge >= 0.3 is 0 Å². The van der Waals surface area contributed by atoms with Gasteiger partial charge in [-0.25, -0.2) is 0 Å². The number of benzene rings is 1. The molecule has 1 aromatic heterocycles. The summed E-state index contributed by atoms with van der Waals surface area (Å²) in [6.45, 7) is 6.00. The van der Waals surface area contributed by atoms with Gasteiger partial charge in [0.25, 0.3) is 5.91 Å². The number of carbonyl (C=O) groups excluding carboxylic acids is 1. The summed E-state index contributed by atoms with van der Waals surface area (Å²) in [5.74, 6) is 0.0532. The van der Waals surface area contributed by atoms with Gasteiger partial charge in [0.2, 0.25) is 0 Å². The summed E-state index contributed by atoms with van der Waals surface area (Å²) in [5, 5.41) is 0. The van der Waals surface area contributed by atoms with E-state index < -0.39 is 0 Å². The normalized spacial score (nSPS) is 10.6. The first kappa shape index (κ1) is 17.2. The molecule has 4 heteroatoms. The van der Waals surface area contributed by atoms with Crippen LogP contribution in [-0.2, 0) is 4.74 Å². The number of aryl methyl sites for hydroxylation is 1. The minimum atomic E-state index is 0.0532. The van der Waals surface area contributed by atoms with Crippen molar-refractivity contribution in [2.75, 3.05) is 26.8 Å². The zero-order chi connectivity index (χ0) is 16.7. The highest BCUT2D eigenvalue weighted by Gasteiger charge is 2.15. The zero-order valence-electron chi connectivity index (χ0n) is 14.1. The molecule has 0 aliphatic heterocycles. The summed E-state index contributed by atoms with van der Waals surface area (Å²) in [4.78, 5) is 18.7. The van der Waals surface area contributed by atoms with Crippen LogP contribution >= 0.6 is 0 Å². The van der Waals surface area contributed by atoms with E-state index in [-0.39, 0.29) is 5.91 Å². The maximum absolute atomic E-state index is 12.8. The third-order valence-corrected chi connectivity index (χ3v) is 3.79. The molecule has 1 heterocycles. The molecular weight excluding hydrogens is 288 g/mol. The summed E-state index contributed by atoms with van der Waals surface area (Å²) in [7, 11) is 1.65. The molecule has 0 atom stereocenters. The van der Waals surface area contributed by atoms with Crippen molar-refractivity contribution in [1.82, 2.24) is 9.88 Å². The molecular formula is C19H24N2O2. The summed E-state index contributed by atoms with van der Waals surface area (Å²) < 4.78 is 5.11. The van der Waals surface area contributed by atoms with Crippen LogP contribution in [0.2, 0.25) is 0 Å². The molecule has 23 heavy (non-hydrogen) atoms. The van der Waals surface area contributed by atoms with Gasteiger partial charge in [0.15, 0.2) is 0 Å². The van der Waals surface area contributed by atoms with Crippen molar-refractivity contribution in [2.45, 2.75) is 20.3 Å². The van der Waals surface area contributed by atoms with Crippen LogP contribution in [0.4, 0.5) is 0 Å². The Labute approximate surface area is 138 Å². The van der Waals surface area contributed by atoms with Gasteiger partial charge in [-0.05, 0) is 48.2 Å². The van der Waals surface area contributed by atoms with Gasteiger partial charge in [-0.3, -0.25) is 9.78 Å². The van der Waals surface area contributed by atoms with Crippen LogP contribution in [0.1, 0.15) is 29.3 Å². The summed E-state index contributed by atoms with van der Waals surface area (Å²) in [6.07, 6.45) is 4.54. The lowest BCUT2D eigenvalue weighted by molar-refractivity contribution is 0.0695. The first-order valence-electron chi connectivity index (χ1n) is 7.96. The minimum absolute atomic E-state index is 0.0532. The van der Waals surface area contributed by atoms with E-state index in [0.717, 1.165) is 29.7 Å². The highest BCUT2D eigenvalue weighted by atomic mass is 16.5. The van der Waals surface area contributed by atoms with E-state index in [4.69, 9.17) is 4.74 Å². The quantitative estimate of drug-likeness (QED) is 0.785. The molecule has 0 fully saturated rings. The van der Waals surface area contributed by atoms with Crippen LogP contribution in [-0.4, -0.2) is 42.6 Å². The number of ether oxygens (including phenoxy) is 1. The van der Waals surface area contributed by atoms with Crippen molar-refractivity contribution in [2.24, 2.45) is 0 Å². The second kappa shape index (κ2) is 8.44. The topological polar surface area (TPSA) is 42.4 Å². The van der Waals surface area contributed by atoms with E-state index in [1.807, 2.05) is 48.4 Å². The number of aromatic nitrogens is 1. The van der Waals surface area contributed by atoms with Gasteiger partial charge in [0, 0.05) is 38.2 Å². The largest absolute Gasteiger partial charge is 0.383 e. The molecule has 122 valence electrons. The van der Waals surface area contributed by atoms with Crippen molar-refractivity contribution in [1.29, 1.82) is 0 Å². The Bertz CT molecular complexity index is 655. The summed E-state index contributed by atoms with van der Waals surface area (Å²) in [6, 6.07) is 9.77. The zero-order valence-corrected chi connectivity index (χ0v) is 14.1. The molecule has 0 saturated heterocycles. The van der Waals surface area contributed by atoms with Crippen molar-refractivity contribution < 1.29 is 9.53 Å². The molecule has 1 aromatic carbocycles. The fourth-order valence-electron chi connectivity index (χ4n) is 2.59. The van der Waals surface area contributed by atoms with Crippen LogP contribution < -0.4 is 0 Å². The molecule has 0 bridgehead atoms. The van der Waals surface area contributed by atoms with Gasteiger partial charge in [-0.1, -0.05) is 19.1 Å². The molecule has 0 saturated carbocycles. The van der Waals surface area contributed by atoms with Crippen molar-refractivity contribution in [3.05, 3.63) is 53.9 Å². The standard InChI is InChI=1S/C19H24N2O2/c1-4-10-21(11-12-23-3)19(22)17-7-5-6-16(13-17)18-8-9-20-14-15(18)2/h5-9,13-14H,4,10-12H2,1-3H3.